The fourth-order valence-corrected chi connectivity index (χ4v) is 2.75. The third kappa shape index (κ3) is 4.93. The summed E-state index contributed by atoms with van der Waals surface area (Å²) < 4.78 is 0. The summed E-state index contributed by atoms with van der Waals surface area (Å²) in [6.45, 7) is 4.05. The van der Waals surface area contributed by atoms with Gasteiger partial charge >= 0.3 is 0 Å². The Labute approximate surface area is 137 Å². The monoisotopic (exact) mass is 315 g/mol. The van der Waals surface area contributed by atoms with Crippen molar-refractivity contribution >= 4 is 5.91 Å². The van der Waals surface area contributed by atoms with Crippen LogP contribution in [0.15, 0.2) is 30.3 Å². The van der Waals surface area contributed by atoms with E-state index >= 15 is 0 Å². The lowest BCUT2D eigenvalue weighted by atomic mass is 10.0. The van der Waals surface area contributed by atoms with Gasteiger partial charge in [0.15, 0.2) is 0 Å². The van der Waals surface area contributed by atoms with E-state index in [1.165, 1.54) is 0 Å². The van der Waals surface area contributed by atoms with Gasteiger partial charge < -0.3 is 10.4 Å². The summed E-state index contributed by atoms with van der Waals surface area (Å²) in [5.41, 5.74) is 4.17. The van der Waals surface area contributed by atoms with Crippen LogP contribution in [0.4, 0.5) is 0 Å². The van der Waals surface area contributed by atoms with E-state index in [1.54, 1.807) is 0 Å². The molecule has 5 heteroatoms. The van der Waals surface area contributed by atoms with Gasteiger partial charge in [-0.05, 0) is 44.2 Å². The molecule has 1 amide bonds. The van der Waals surface area contributed by atoms with Gasteiger partial charge in [0, 0.05) is 18.7 Å². The second kappa shape index (κ2) is 8.48. The van der Waals surface area contributed by atoms with Crippen molar-refractivity contribution < 1.29 is 9.90 Å². The van der Waals surface area contributed by atoms with E-state index in [1.807, 2.05) is 44.2 Å². The molecule has 5 nitrogen and oxygen atoms in total. The molecule has 0 radical (unpaired) electrons. The highest BCUT2D eigenvalue weighted by Crippen LogP contribution is 2.19. The predicted molar refractivity (Wildman–Crippen MR) is 90.0 cm³/mol. The van der Waals surface area contributed by atoms with Crippen LogP contribution in [0.5, 0.6) is 0 Å². The minimum atomic E-state index is -0.0533. The summed E-state index contributed by atoms with van der Waals surface area (Å²) in [4.78, 5) is 12.3. The number of aromatic nitrogens is 2. The predicted octanol–water partition coefficient (Wildman–Crippen LogP) is 2.59. The molecule has 0 spiro atoms. The zero-order chi connectivity index (χ0) is 16.7. The van der Waals surface area contributed by atoms with Gasteiger partial charge in [0.1, 0.15) is 0 Å². The normalized spacial score (nSPS) is 12.1. The molecular formula is C18H25N3O2. The first kappa shape index (κ1) is 17.2. The van der Waals surface area contributed by atoms with Gasteiger partial charge in [0.25, 0.3) is 0 Å². The van der Waals surface area contributed by atoms with E-state index in [4.69, 9.17) is 5.11 Å². The number of rotatable bonds is 8. The van der Waals surface area contributed by atoms with Crippen molar-refractivity contribution in [2.45, 2.75) is 45.6 Å². The van der Waals surface area contributed by atoms with Crippen molar-refractivity contribution in [3.05, 3.63) is 52.8 Å². The second-order valence-corrected chi connectivity index (χ2v) is 5.81. The Balaban J connectivity index is 1.95. The first-order valence-corrected chi connectivity index (χ1v) is 8.07. The molecule has 1 heterocycles. The van der Waals surface area contributed by atoms with E-state index < -0.39 is 0 Å². The van der Waals surface area contributed by atoms with Crippen molar-refractivity contribution in [3.63, 3.8) is 0 Å². The van der Waals surface area contributed by atoms with Crippen LogP contribution in [0, 0.1) is 13.8 Å². The van der Waals surface area contributed by atoms with Crippen LogP contribution in [-0.2, 0) is 11.2 Å². The molecule has 0 saturated heterocycles. The minimum absolute atomic E-state index is 0.0248. The van der Waals surface area contributed by atoms with E-state index in [2.05, 4.69) is 15.5 Å². The van der Waals surface area contributed by atoms with E-state index in [0.29, 0.717) is 19.3 Å². The van der Waals surface area contributed by atoms with Crippen LogP contribution in [-0.4, -0.2) is 27.8 Å². The van der Waals surface area contributed by atoms with Crippen LogP contribution in [0.1, 0.15) is 47.8 Å². The molecule has 0 bridgehead atoms. The van der Waals surface area contributed by atoms with Crippen LogP contribution < -0.4 is 5.32 Å². The summed E-state index contributed by atoms with van der Waals surface area (Å²) in [6, 6.07) is 9.84. The average molecular weight is 315 g/mol. The summed E-state index contributed by atoms with van der Waals surface area (Å²) >= 11 is 0. The van der Waals surface area contributed by atoms with Gasteiger partial charge in [0.05, 0.1) is 11.7 Å². The first-order valence-electron chi connectivity index (χ1n) is 8.07. The van der Waals surface area contributed by atoms with Gasteiger partial charge in [-0.25, -0.2) is 0 Å². The lowest BCUT2D eigenvalue weighted by Gasteiger charge is -2.19. The number of carbonyl (C=O) groups excluding carboxylic acids is 1. The first-order chi connectivity index (χ1) is 11.1. The molecule has 2 rings (SSSR count). The molecule has 1 aromatic carbocycles. The van der Waals surface area contributed by atoms with Crippen LogP contribution in [0.2, 0.25) is 0 Å². The number of benzene rings is 1. The van der Waals surface area contributed by atoms with E-state index in [-0.39, 0.29) is 18.6 Å². The quantitative estimate of drug-likeness (QED) is 0.700. The Hall–Kier alpha value is -2.14. The summed E-state index contributed by atoms with van der Waals surface area (Å²) in [5, 5.41) is 19.3. The van der Waals surface area contributed by atoms with Gasteiger partial charge in [-0.3, -0.25) is 9.89 Å². The van der Waals surface area contributed by atoms with E-state index in [0.717, 1.165) is 28.9 Å². The molecule has 0 saturated carbocycles. The number of aromatic amines is 1. The Morgan fingerprint density at radius 1 is 1.30 bits per heavy atom. The fourth-order valence-electron chi connectivity index (χ4n) is 2.75. The minimum Gasteiger partial charge on any atom is -0.396 e. The van der Waals surface area contributed by atoms with Crippen molar-refractivity contribution in [2.24, 2.45) is 0 Å². The molecule has 124 valence electrons. The lowest BCUT2D eigenvalue weighted by molar-refractivity contribution is -0.121. The van der Waals surface area contributed by atoms with Crippen LogP contribution in [0.25, 0.3) is 0 Å². The molecule has 23 heavy (non-hydrogen) atoms. The molecule has 0 fully saturated rings. The number of nitrogens with zero attached hydrogens (tertiary/aromatic N) is 1. The van der Waals surface area contributed by atoms with Gasteiger partial charge in [-0.1, -0.05) is 30.3 Å². The number of aliphatic hydroxyl groups is 1. The Morgan fingerprint density at radius 3 is 2.65 bits per heavy atom. The maximum Gasteiger partial charge on any atom is 0.220 e. The molecule has 2 aromatic rings. The van der Waals surface area contributed by atoms with Gasteiger partial charge in [-0.2, -0.15) is 5.10 Å². The maximum atomic E-state index is 12.3. The van der Waals surface area contributed by atoms with Crippen molar-refractivity contribution in [2.75, 3.05) is 6.61 Å². The molecule has 0 aliphatic heterocycles. The maximum absolute atomic E-state index is 12.3. The zero-order valence-electron chi connectivity index (χ0n) is 13.8. The topological polar surface area (TPSA) is 78.0 Å². The lowest BCUT2D eigenvalue weighted by Crippen LogP contribution is -2.29. The Morgan fingerprint density at radius 2 is 2.04 bits per heavy atom. The number of amides is 1. The fraction of sp³-hybridized carbons (Fsp3) is 0.444. The smallest absolute Gasteiger partial charge is 0.220 e. The average Bonchev–Trinajstić information content (AvgIpc) is 2.88. The van der Waals surface area contributed by atoms with Crippen molar-refractivity contribution in [1.29, 1.82) is 0 Å². The second-order valence-electron chi connectivity index (χ2n) is 5.81. The number of H-pyrrole nitrogens is 1. The zero-order valence-corrected chi connectivity index (χ0v) is 13.8. The molecule has 3 N–H and O–H groups in total. The number of aryl methyl sites for hydroxylation is 2. The number of carbonyl (C=O) groups is 1. The number of nitrogens with one attached hydrogen (secondary N) is 2. The van der Waals surface area contributed by atoms with Gasteiger partial charge in [-0.15, -0.1) is 0 Å². The third-order valence-electron chi connectivity index (χ3n) is 4.07. The summed E-state index contributed by atoms with van der Waals surface area (Å²) in [6.07, 6.45) is 2.51. The highest BCUT2D eigenvalue weighted by molar-refractivity contribution is 5.76. The van der Waals surface area contributed by atoms with Crippen LogP contribution in [0.3, 0.4) is 0 Å². The molecule has 0 aliphatic carbocycles. The van der Waals surface area contributed by atoms with Crippen LogP contribution >= 0.6 is 0 Å². The third-order valence-corrected chi connectivity index (χ3v) is 4.07. The Kier molecular flexibility index (Phi) is 6.35. The SMILES string of the molecule is Cc1n[nH]c(C)c1CCC(=O)NC(CCCO)c1ccccc1. The van der Waals surface area contributed by atoms with Gasteiger partial charge in [0.2, 0.25) is 5.91 Å². The Bertz CT molecular complexity index is 603. The van der Waals surface area contributed by atoms with Crippen molar-refractivity contribution in [3.8, 4) is 0 Å². The highest BCUT2D eigenvalue weighted by atomic mass is 16.3. The highest BCUT2D eigenvalue weighted by Gasteiger charge is 2.15. The van der Waals surface area contributed by atoms with E-state index in [9.17, 15) is 4.79 Å². The molecule has 1 atom stereocenters. The number of hydrogen-bond donors (Lipinski definition) is 3. The summed E-state index contributed by atoms with van der Waals surface area (Å²) in [7, 11) is 0. The number of hydrogen-bond acceptors (Lipinski definition) is 3. The largest absolute Gasteiger partial charge is 0.396 e. The standard InChI is InChI=1S/C18H25N3O2/c1-13-16(14(2)21-20-13)10-11-18(23)19-17(9-6-12-22)15-7-4-3-5-8-15/h3-5,7-8,17,22H,6,9-12H2,1-2H3,(H,19,23)(H,20,21). The summed E-state index contributed by atoms with van der Waals surface area (Å²) in [5.74, 6) is 0.0248. The number of aliphatic hydroxyl groups excluding tert-OH is 1. The molecule has 1 aromatic heterocycles. The molecule has 1 unspecified atom stereocenters. The van der Waals surface area contributed by atoms with Crippen molar-refractivity contribution in [1.82, 2.24) is 15.5 Å². The molecule has 0 aliphatic rings. The molecular weight excluding hydrogens is 290 g/mol.